The van der Waals surface area contributed by atoms with Crippen molar-refractivity contribution >= 4 is 6.29 Å². The first kappa shape index (κ1) is 18.6. The summed E-state index contributed by atoms with van der Waals surface area (Å²) < 4.78 is 0. The number of aldehydes is 1. The van der Waals surface area contributed by atoms with Crippen molar-refractivity contribution in [3.05, 3.63) is 0 Å². The van der Waals surface area contributed by atoms with E-state index in [2.05, 4.69) is 31.0 Å². The molecular formula is C17H34N2O2. The highest BCUT2D eigenvalue weighted by molar-refractivity contribution is 5.48. The Balaban J connectivity index is 2.49. The fraction of sp³-hybridized carbons (Fsp3) is 0.941. The largest absolute Gasteiger partial charge is 0.365 e. The van der Waals surface area contributed by atoms with Gasteiger partial charge in [-0.05, 0) is 46.5 Å². The van der Waals surface area contributed by atoms with Gasteiger partial charge >= 0.3 is 0 Å². The molecule has 0 heterocycles. The molecular weight excluding hydrogens is 264 g/mol. The van der Waals surface area contributed by atoms with Crippen LogP contribution >= 0.6 is 0 Å². The van der Waals surface area contributed by atoms with Gasteiger partial charge in [0.15, 0.2) is 6.35 Å². The summed E-state index contributed by atoms with van der Waals surface area (Å²) >= 11 is 0. The molecule has 1 saturated carbocycles. The van der Waals surface area contributed by atoms with Gasteiger partial charge in [0, 0.05) is 24.5 Å². The first-order chi connectivity index (χ1) is 9.94. The molecule has 1 rings (SSSR count). The van der Waals surface area contributed by atoms with Gasteiger partial charge in [0.2, 0.25) is 0 Å². The average Bonchev–Trinajstić information content (AvgIpc) is 2.41. The van der Waals surface area contributed by atoms with E-state index in [1.54, 1.807) is 0 Å². The van der Waals surface area contributed by atoms with Crippen molar-refractivity contribution in [2.24, 2.45) is 0 Å². The van der Waals surface area contributed by atoms with Crippen LogP contribution in [-0.2, 0) is 4.79 Å². The molecule has 1 unspecified atom stereocenters. The lowest BCUT2D eigenvalue weighted by molar-refractivity contribution is -0.108. The van der Waals surface area contributed by atoms with E-state index in [0.29, 0.717) is 12.5 Å². The van der Waals surface area contributed by atoms with Gasteiger partial charge in [-0.25, -0.2) is 0 Å². The Kier molecular flexibility index (Phi) is 8.45. The highest BCUT2D eigenvalue weighted by atomic mass is 16.3. The number of aliphatic hydroxyl groups excluding tert-OH is 1. The van der Waals surface area contributed by atoms with Crippen LogP contribution in [0.15, 0.2) is 0 Å². The molecule has 0 aromatic heterocycles. The van der Waals surface area contributed by atoms with Gasteiger partial charge in [-0.2, -0.15) is 0 Å². The van der Waals surface area contributed by atoms with E-state index >= 15 is 0 Å². The lowest BCUT2D eigenvalue weighted by atomic mass is 9.94. The number of rotatable bonds is 9. The maximum Gasteiger partial charge on any atom is 0.163 e. The van der Waals surface area contributed by atoms with Gasteiger partial charge in [0.05, 0.1) is 0 Å². The molecule has 21 heavy (non-hydrogen) atoms. The van der Waals surface area contributed by atoms with E-state index < -0.39 is 6.35 Å². The summed E-state index contributed by atoms with van der Waals surface area (Å²) in [6.45, 7) is 7.16. The van der Waals surface area contributed by atoms with Crippen LogP contribution in [0.3, 0.4) is 0 Å². The van der Waals surface area contributed by atoms with Gasteiger partial charge in [-0.1, -0.05) is 25.7 Å². The van der Waals surface area contributed by atoms with Gasteiger partial charge in [-0.3, -0.25) is 10.2 Å². The summed E-state index contributed by atoms with van der Waals surface area (Å²) in [5, 5.41) is 13.9. The summed E-state index contributed by atoms with van der Waals surface area (Å²) in [6.07, 6.45) is 10.4. The normalized spacial score (nSPS) is 18.9. The zero-order valence-electron chi connectivity index (χ0n) is 14.1. The summed E-state index contributed by atoms with van der Waals surface area (Å²) in [5.74, 6) is 0. The molecule has 0 aromatic carbocycles. The van der Waals surface area contributed by atoms with Crippen LogP contribution in [0.4, 0.5) is 0 Å². The van der Waals surface area contributed by atoms with Crippen molar-refractivity contribution in [2.45, 2.75) is 96.5 Å². The second-order valence-electron chi connectivity index (χ2n) is 7.31. The zero-order chi connectivity index (χ0) is 15.7. The van der Waals surface area contributed by atoms with Gasteiger partial charge in [0.25, 0.3) is 0 Å². The fourth-order valence-electron chi connectivity index (χ4n) is 3.09. The molecule has 0 aliphatic heterocycles. The van der Waals surface area contributed by atoms with Crippen molar-refractivity contribution in [1.82, 2.24) is 10.2 Å². The number of nitrogens with one attached hydrogen (secondary N) is 1. The minimum atomic E-state index is -0.570. The molecule has 2 N–H and O–H groups in total. The molecule has 1 atom stereocenters. The molecule has 0 amide bonds. The standard InChI is InChI=1S/C17H34N2O2/c1-17(2,3)18-16(21)19(13-9-4-5-10-14-20)15-11-7-6-8-12-15/h14-16,18,21H,4-13H2,1-3H3. The first-order valence-corrected chi connectivity index (χ1v) is 8.59. The van der Waals surface area contributed by atoms with E-state index in [0.717, 1.165) is 32.1 Å². The predicted octanol–water partition coefficient (Wildman–Crippen LogP) is 3.04. The Morgan fingerprint density at radius 3 is 2.43 bits per heavy atom. The monoisotopic (exact) mass is 298 g/mol. The van der Waals surface area contributed by atoms with Crippen LogP contribution in [0.1, 0.15) is 78.6 Å². The molecule has 0 radical (unpaired) electrons. The third-order valence-electron chi connectivity index (χ3n) is 4.16. The van der Waals surface area contributed by atoms with E-state index in [1.807, 2.05) is 0 Å². The van der Waals surface area contributed by atoms with Crippen LogP contribution in [0, 0.1) is 0 Å². The third kappa shape index (κ3) is 7.93. The van der Waals surface area contributed by atoms with Crippen LogP contribution in [0.5, 0.6) is 0 Å². The summed E-state index contributed by atoms with van der Waals surface area (Å²) in [7, 11) is 0. The number of aliphatic hydroxyl groups is 1. The fourth-order valence-corrected chi connectivity index (χ4v) is 3.09. The number of nitrogens with zero attached hydrogens (tertiary/aromatic N) is 1. The highest BCUT2D eigenvalue weighted by Crippen LogP contribution is 2.24. The van der Waals surface area contributed by atoms with Crippen molar-refractivity contribution in [2.75, 3.05) is 6.54 Å². The maximum atomic E-state index is 10.6. The third-order valence-corrected chi connectivity index (χ3v) is 4.16. The topological polar surface area (TPSA) is 52.6 Å². The number of hydrogen-bond donors (Lipinski definition) is 2. The van der Waals surface area contributed by atoms with Gasteiger partial charge in [-0.15, -0.1) is 0 Å². The van der Waals surface area contributed by atoms with Crippen molar-refractivity contribution in [3.8, 4) is 0 Å². The molecule has 0 bridgehead atoms. The lowest BCUT2D eigenvalue weighted by Gasteiger charge is -2.40. The Labute approximate surface area is 130 Å². The second kappa shape index (κ2) is 9.54. The number of hydrogen-bond acceptors (Lipinski definition) is 4. The zero-order valence-corrected chi connectivity index (χ0v) is 14.1. The van der Waals surface area contributed by atoms with Crippen molar-refractivity contribution in [1.29, 1.82) is 0 Å². The number of carbonyl (C=O) groups excluding carboxylic acids is 1. The Morgan fingerprint density at radius 1 is 1.19 bits per heavy atom. The molecule has 0 spiro atoms. The summed E-state index contributed by atoms with van der Waals surface area (Å²) in [4.78, 5) is 12.6. The second-order valence-corrected chi connectivity index (χ2v) is 7.31. The quantitative estimate of drug-likeness (QED) is 0.390. The smallest absolute Gasteiger partial charge is 0.163 e. The lowest BCUT2D eigenvalue weighted by Crippen LogP contribution is -2.56. The molecule has 0 aromatic rings. The molecule has 0 saturated heterocycles. The van der Waals surface area contributed by atoms with E-state index in [-0.39, 0.29) is 5.54 Å². The summed E-state index contributed by atoms with van der Waals surface area (Å²) in [6, 6.07) is 0.495. The maximum absolute atomic E-state index is 10.6. The van der Waals surface area contributed by atoms with Gasteiger partial charge < -0.3 is 9.90 Å². The van der Waals surface area contributed by atoms with Crippen LogP contribution in [0.25, 0.3) is 0 Å². The first-order valence-electron chi connectivity index (χ1n) is 8.59. The minimum Gasteiger partial charge on any atom is -0.365 e. The highest BCUT2D eigenvalue weighted by Gasteiger charge is 2.28. The van der Waals surface area contributed by atoms with E-state index in [9.17, 15) is 9.90 Å². The Morgan fingerprint density at radius 2 is 1.86 bits per heavy atom. The minimum absolute atomic E-state index is 0.0934. The number of carbonyl (C=O) groups is 1. The molecule has 1 aliphatic rings. The van der Waals surface area contributed by atoms with Crippen molar-refractivity contribution < 1.29 is 9.90 Å². The van der Waals surface area contributed by atoms with E-state index in [4.69, 9.17) is 0 Å². The van der Waals surface area contributed by atoms with Crippen LogP contribution in [-0.4, -0.2) is 40.8 Å². The molecule has 4 nitrogen and oxygen atoms in total. The predicted molar refractivity (Wildman–Crippen MR) is 87.0 cm³/mol. The average molecular weight is 298 g/mol. The van der Waals surface area contributed by atoms with Crippen LogP contribution in [0.2, 0.25) is 0 Å². The van der Waals surface area contributed by atoms with Crippen molar-refractivity contribution in [3.63, 3.8) is 0 Å². The summed E-state index contributed by atoms with van der Waals surface area (Å²) in [5.41, 5.74) is -0.0934. The Hall–Kier alpha value is -0.450. The van der Waals surface area contributed by atoms with E-state index in [1.165, 1.54) is 32.1 Å². The van der Waals surface area contributed by atoms with Gasteiger partial charge in [0.1, 0.15) is 6.29 Å². The van der Waals surface area contributed by atoms with Crippen LogP contribution < -0.4 is 5.32 Å². The number of unbranched alkanes of at least 4 members (excludes halogenated alkanes) is 3. The molecule has 124 valence electrons. The molecule has 1 fully saturated rings. The Bertz CT molecular complexity index is 283. The molecule has 4 heteroatoms. The molecule has 1 aliphatic carbocycles. The SMILES string of the molecule is CC(C)(C)NC(O)N(CCCCCC=O)C1CCCCC1.